The first-order chi connectivity index (χ1) is 16.5. The summed E-state index contributed by atoms with van der Waals surface area (Å²) < 4.78 is 0. The van der Waals surface area contributed by atoms with Gasteiger partial charge in [0.15, 0.2) is 5.69 Å². The molecule has 176 valence electrons. The molecule has 8 heteroatoms. The number of rotatable bonds is 8. The number of nitrogens with two attached hydrogens (primary N) is 2. The Morgan fingerprint density at radius 3 is 2.53 bits per heavy atom. The van der Waals surface area contributed by atoms with Crippen LogP contribution in [0.15, 0.2) is 60.8 Å². The van der Waals surface area contributed by atoms with Gasteiger partial charge >= 0.3 is 0 Å². The molecule has 34 heavy (non-hydrogen) atoms. The molecule has 4 rings (SSSR count). The number of hydrogen-bond donors (Lipinski definition) is 3. The van der Waals surface area contributed by atoms with E-state index in [1.54, 1.807) is 18.2 Å². The lowest BCUT2D eigenvalue weighted by molar-refractivity contribution is 0.0934. The van der Waals surface area contributed by atoms with Crippen molar-refractivity contribution in [2.24, 2.45) is 17.4 Å². The van der Waals surface area contributed by atoms with Crippen LogP contribution in [0.5, 0.6) is 0 Å². The minimum Gasteiger partial charge on any atom is -0.364 e. The van der Waals surface area contributed by atoms with Gasteiger partial charge < -0.3 is 16.8 Å². The predicted molar refractivity (Wildman–Crippen MR) is 131 cm³/mol. The van der Waals surface area contributed by atoms with Crippen molar-refractivity contribution in [2.45, 2.75) is 25.9 Å². The van der Waals surface area contributed by atoms with Crippen molar-refractivity contribution in [3.63, 3.8) is 0 Å². The van der Waals surface area contributed by atoms with Crippen LogP contribution in [0, 0.1) is 5.92 Å². The zero-order valence-electron chi connectivity index (χ0n) is 19.1. The summed E-state index contributed by atoms with van der Waals surface area (Å²) in [5, 5.41) is 3.08. The number of piperidine rings is 1. The van der Waals surface area contributed by atoms with E-state index in [1.165, 1.54) is 11.8 Å². The van der Waals surface area contributed by atoms with Crippen LogP contribution in [0.25, 0.3) is 11.3 Å². The minimum atomic E-state index is -0.682. The van der Waals surface area contributed by atoms with Gasteiger partial charge in [-0.15, -0.1) is 0 Å². The van der Waals surface area contributed by atoms with Gasteiger partial charge in [-0.25, -0.2) is 4.98 Å². The molecule has 0 saturated carbocycles. The van der Waals surface area contributed by atoms with Crippen molar-refractivity contribution in [1.82, 2.24) is 20.2 Å². The van der Waals surface area contributed by atoms with Gasteiger partial charge in [0, 0.05) is 30.8 Å². The predicted octanol–water partition coefficient (Wildman–Crippen LogP) is 2.34. The Balaban J connectivity index is 1.33. The van der Waals surface area contributed by atoms with Crippen LogP contribution in [0.3, 0.4) is 0 Å². The fourth-order valence-corrected chi connectivity index (χ4v) is 4.25. The number of nitrogens with one attached hydrogen (secondary N) is 1. The summed E-state index contributed by atoms with van der Waals surface area (Å²) >= 11 is 0. The quantitative estimate of drug-likeness (QED) is 0.475. The van der Waals surface area contributed by atoms with E-state index in [0.717, 1.165) is 32.5 Å². The van der Waals surface area contributed by atoms with Gasteiger partial charge in [0.1, 0.15) is 0 Å². The van der Waals surface area contributed by atoms with Crippen LogP contribution in [-0.2, 0) is 13.1 Å². The summed E-state index contributed by atoms with van der Waals surface area (Å²) in [5.74, 6) is -0.347. The van der Waals surface area contributed by atoms with E-state index in [2.05, 4.69) is 44.5 Å². The van der Waals surface area contributed by atoms with Crippen LogP contribution in [0.4, 0.5) is 0 Å². The Labute approximate surface area is 199 Å². The van der Waals surface area contributed by atoms with Gasteiger partial charge in [-0.1, -0.05) is 42.5 Å². The van der Waals surface area contributed by atoms with Gasteiger partial charge in [-0.2, -0.15) is 0 Å². The van der Waals surface area contributed by atoms with Gasteiger partial charge in [-0.3, -0.25) is 19.5 Å². The van der Waals surface area contributed by atoms with Crippen molar-refractivity contribution in [2.75, 3.05) is 19.6 Å². The molecule has 5 N–H and O–H groups in total. The molecule has 0 radical (unpaired) electrons. The van der Waals surface area contributed by atoms with Crippen LogP contribution < -0.4 is 16.8 Å². The highest BCUT2D eigenvalue weighted by Crippen LogP contribution is 2.21. The number of benzene rings is 2. The second kappa shape index (κ2) is 11.0. The Morgan fingerprint density at radius 1 is 1.06 bits per heavy atom. The molecule has 1 aliphatic heterocycles. The summed E-state index contributed by atoms with van der Waals surface area (Å²) in [4.78, 5) is 35.5. The lowest BCUT2D eigenvalue weighted by Gasteiger charge is -2.32. The molecule has 1 aliphatic rings. The maximum Gasteiger partial charge on any atom is 0.269 e. The molecule has 8 nitrogen and oxygen atoms in total. The average molecular weight is 459 g/mol. The molecule has 3 aromatic rings. The van der Waals surface area contributed by atoms with Crippen molar-refractivity contribution in [1.29, 1.82) is 0 Å². The van der Waals surface area contributed by atoms with Crippen molar-refractivity contribution < 1.29 is 9.59 Å². The van der Waals surface area contributed by atoms with E-state index < -0.39 is 5.91 Å². The van der Waals surface area contributed by atoms with Crippen LogP contribution in [-0.4, -0.2) is 46.3 Å². The monoisotopic (exact) mass is 458 g/mol. The zero-order valence-corrected chi connectivity index (χ0v) is 19.1. The first-order valence-electron chi connectivity index (χ1n) is 11.5. The van der Waals surface area contributed by atoms with Gasteiger partial charge in [0.05, 0.1) is 17.6 Å². The van der Waals surface area contributed by atoms with E-state index in [9.17, 15) is 9.59 Å². The smallest absolute Gasteiger partial charge is 0.269 e. The Hall–Kier alpha value is -3.62. The standard InChI is InChI=1S/C26H30N6O2/c27-14-22-24(25(28)33)31-23(16-29-22)20-7-4-8-21(13-20)26(34)30-15-18-9-11-32(12-10-18)17-19-5-2-1-3-6-19/h1-8,13,16,18H,9-12,14-15,17,27H2,(H2,28,33)(H,30,34). The fraction of sp³-hybridized carbons (Fsp3) is 0.308. The number of aromatic nitrogens is 2. The molecule has 1 fully saturated rings. The zero-order chi connectivity index (χ0) is 23.9. The van der Waals surface area contributed by atoms with E-state index in [1.807, 2.05) is 12.1 Å². The minimum absolute atomic E-state index is 0.0495. The first-order valence-corrected chi connectivity index (χ1v) is 11.5. The highest BCUT2D eigenvalue weighted by Gasteiger charge is 2.20. The summed E-state index contributed by atoms with van der Waals surface area (Å²) in [6, 6.07) is 17.6. The van der Waals surface area contributed by atoms with Gasteiger partial charge in [0.2, 0.25) is 0 Å². The Bertz CT molecular complexity index is 1140. The topological polar surface area (TPSA) is 127 Å². The second-order valence-corrected chi connectivity index (χ2v) is 8.61. The fourth-order valence-electron chi connectivity index (χ4n) is 4.25. The maximum absolute atomic E-state index is 12.8. The molecule has 0 unspecified atom stereocenters. The molecule has 0 spiro atoms. The van der Waals surface area contributed by atoms with Crippen molar-refractivity contribution >= 4 is 11.8 Å². The third kappa shape index (κ3) is 5.84. The third-order valence-electron chi connectivity index (χ3n) is 6.20. The van der Waals surface area contributed by atoms with Gasteiger partial charge in [-0.05, 0) is 49.5 Å². The summed E-state index contributed by atoms with van der Waals surface area (Å²) in [7, 11) is 0. The number of amides is 2. The molecule has 0 aliphatic carbocycles. The average Bonchev–Trinajstić information content (AvgIpc) is 2.88. The highest BCUT2D eigenvalue weighted by atomic mass is 16.2. The molecule has 0 bridgehead atoms. The number of likely N-dealkylation sites (tertiary alicyclic amines) is 1. The first kappa shape index (κ1) is 23.5. The molecule has 0 atom stereocenters. The molecule has 1 saturated heterocycles. The molecule has 1 aromatic heterocycles. The van der Waals surface area contributed by atoms with Crippen molar-refractivity contribution in [3.8, 4) is 11.3 Å². The molecule has 2 aromatic carbocycles. The highest BCUT2D eigenvalue weighted by molar-refractivity contribution is 5.95. The molecule has 2 heterocycles. The van der Waals surface area contributed by atoms with Crippen LogP contribution >= 0.6 is 0 Å². The third-order valence-corrected chi connectivity index (χ3v) is 6.20. The Kier molecular flexibility index (Phi) is 7.61. The molecular weight excluding hydrogens is 428 g/mol. The summed E-state index contributed by atoms with van der Waals surface area (Å²) in [5.41, 5.74) is 14.4. The number of carbonyl (C=O) groups excluding carboxylic acids is 2. The lowest BCUT2D eigenvalue weighted by Crippen LogP contribution is -2.38. The van der Waals surface area contributed by atoms with E-state index in [0.29, 0.717) is 35.0 Å². The SMILES string of the molecule is NCc1ncc(-c2cccc(C(=O)NCC3CCN(Cc4ccccc4)CC3)c2)nc1C(N)=O. The largest absolute Gasteiger partial charge is 0.364 e. The summed E-state index contributed by atoms with van der Waals surface area (Å²) in [6.45, 7) is 3.76. The Morgan fingerprint density at radius 2 is 1.82 bits per heavy atom. The number of primary amides is 1. The number of carbonyl (C=O) groups is 2. The lowest BCUT2D eigenvalue weighted by atomic mass is 9.96. The van der Waals surface area contributed by atoms with Crippen LogP contribution in [0.2, 0.25) is 0 Å². The van der Waals surface area contributed by atoms with Crippen LogP contribution in [0.1, 0.15) is 44.9 Å². The molecular formula is C26H30N6O2. The number of hydrogen-bond acceptors (Lipinski definition) is 6. The van der Waals surface area contributed by atoms with Crippen molar-refractivity contribution in [3.05, 3.63) is 83.3 Å². The summed E-state index contributed by atoms with van der Waals surface area (Å²) in [6.07, 6.45) is 3.66. The maximum atomic E-state index is 12.8. The van der Waals surface area contributed by atoms with E-state index in [4.69, 9.17) is 11.5 Å². The second-order valence-electron chi connectivity index (χ2n) is 8.61. The number of nitrogens with zero attached hydrogens (tertiary/aromatic N) is 3. The van der Waals surface area contributed by atoms with E-state index >= 15 is 0 Å². The molecule has 2 amide bonds. The van der Waals surface area contributed by atoms with E-state index in [-0.39, 0.29) is 18.1 Å². The van der Waals surface area contributed by atoms with Gasteiger partial charge in [0.25, 0.3) is 11.8 Å². The normalized spacial score (nSPS) is 14.6.